The average Bonchev–Trinajstić information content (AvgIpc) is 2.52. The Kier molecular flexibility index (Phi) is 2.48. The Hall–Kier alpha value is -2.05. The normalized spacial score (nSPS) is 9.31. The van der Waals surface area contributed by atoms with Crippen molar-refractivity contribution < 1.29 is 19.4 Å². The minimum atomic E-state index is -1.15. The fraction of sp³-hybridized carbons (Fsp3) is 0.167. The molecule has 1 rings (SSSR count). The standard InChI is InChI=1S/C6H7N3O4/c1-13-6(12)7-4-2-3(5(10)11)8-9-4/h2H,1H3,(H,10,11)(H2,7,8,9,12). The molecule has 0 saturated heterocycles. The number of anilines is 1. The van der Waals surface area contributed by atoms with E-state index in [0.717, 1.165) is 0 Å². The molecular weight excluding hydrogens is 178 g/mol. The third-order valence-electron chi connectivity index (χ3n) is 1.22. The molecule has 0 atom stereocenters. The molecule has 0 bridgehead atoms. The van der Waals surface area contributed by atoms with Crippen LogP contribution in [-0.4, -0.2) is 34.5 Å². The number of hydrogen-bond acceptors (Lipinski definition) is 4. The number of carbonyl (C=O) groups excluding carboxylic acids is 1. The number of aromatic carboxylic acids is 1. The first kappa shape index (κ1) is 9.04. The molecule has 1 aromatic rings. The molecule has 1 amide bonds. The van der Waals surface area contributed by atoms with Gasteiger partial charge in [0, 0.05) is 6.07 Å². The summed E-state index contributed by atoms with van der Waals surface area (Å²) in [6.45, 7) is 0. The smallest absolute Gasteiger partial charge is 0.412 e. The maximum atomic E-state index is 10.6. The molecule has 0 fully saturated rings. The number of methoxy groups -OCH3 is 1. The molecule has 3 N–H and O–H groups in total. The summed E-state index contributed by atoms with van der Waals surface area (Å²) in [7, 11) is 1.19. The van der Waals surface area contributed by atoms with Gasteiger partial charge in [0.25, 0.3) is 0 Å². The van der Waals surface area contributed by atoms with Gasteiger partial charge in [0.05, 0.1) is 7.11 Å². The summed E-state index contributed by atoms with van der Waals surface area (Å²) in [5, 5.41) is 16.4. The number of ether oxygens (including phenoxy) is 1. The van der Waals surface area contributed by atoms with E-state index in [1.54, 1.807) is 0 Å². The molecular formula is C6H7N3O4. The van der Waals surface area contributed by atoms with Gasteiger partial charge in [-0.15, -0.1) is 0 Å². The van der Waals surface area contributed by atoms with Crippen LogP contribution in [0.4, 0.5) is 10.6 Å². The van der Waals surface area contributed by atoms with Crippen molar-refractivity contribution in [3.63, 3.8) is 0 Å². The minimum absolute atomic E-state index is 0.101. The molecule has 70 valence electrons. The Morgan fingerprint density at radius 2 is 2.38 bits per heavy atom. The van der Waals surface area contributed by atoms with Crippen molar-refractivity contribution in [1.82, 2.24) is 10.2 Å². The molecule has 0 radical (unpaired) electrons. The van der Waals surface area contributed by atoms with Crippen LogP contribution in [-0.2, 0) is 4.74 Å². The quantitative estimate of drug-likeness (QED) is 0.614. The second-order valence-electron chi connectivity index (χ2n) is 2.09. The summed E-state index contributed by atoms with van der Waals surface area (Å²) in [6.07, 6.45) is -0.705. The Labute approximate surface area is 72.7 Å². The van der Waals surface area contributed by atoms with Gasteiger partial charge in [-0.25, -0.2) is 9.59 Å². The summed E-state index contributed by atoms with van der Waals surface area (Å²) in [5.74, 6) is -1.05. The fourth-order valence-electron chi connectivity index (χ4n) is 0.651. The van der Waals surface area contributed by atoms with Crippen LogP contribution in [0.3, 0.4) is 0 Å². The second kappa shape index (κ2) is 3.57. The highest BCUT2D eigenvalue weighted by molar-refractivity contribution is 5.88. The summed E-state index contributed by atoms with van der Waals surface area (Å²) >= 11 is 0. The highest BCUT2D eigenvalue weighted by Gasteiger charge is 2.09. The van der Waals surface area contributed by atoms with Gasteiger partial charge in [-0.05, 0) is 0 Å². The maximum Gasteiger partial charge on any atom is 0.412 e. The van der Waals surface area contributed by atoms with Crippen LogP contribution in [0, 0.1) is 0 Å². The predicted molar refractivity (Wildman–Crippen MR) is 41.6 cm³/mol. The van der Waals surface area contributed by atoms with E-state index < -0.39 is 12.1 Å². The predicted octanol–water partition coefficient (Wildman–Crippen LogP) is 0.286. The minimum Gasteiger partial charge on any atom is -0.477 e. The lowest BCUT2D eigenvalue weighted by Crippen LogP contribution is -2.10. The van der Waals surface area contributed by atoms with Crippen LogP contribution in [0.2, 0.25) is 0 Å². The zero-order valence-corrected chi connectivity index (χ0v) is 6.70. The zero-order valence-electron chi connectivity index (χ0n) is 6.70. The number of carboxylic acid groups (broad SMARTS) is 1. The Balaban J connectivity index is 2.69. The average molecular weight is 185 g/mol. The number of nitrogens with one attached hydrogen (secondary N) is 2. The largest absolute Gasteiger partial charge is 0.477 e. The van der Waals surface area contributed by atoms with E-state index in [1.807, 2.05) is 0 Å². The fourth-order valence-corrected chi connectivity index (χ4v) is 0.651. The van der Waals surface area contributed by atoms with Gasteiger partial charge in [0.1, 0.15) is 5.69 Å². The molecule has 0 spiro atoms. The molecule has 0 saturated carbocycles. The number of hydrogen-bond donors (Lipinski definition) is 3. The zero-order chi connectivity index (χ0) is 9.84. The molecule has 0 unspecified atom stereocenters. The number of aromatic nitrogens is 2. The Bertz CT molecular complexity index is 332. The van der Waals surface area contributed by atoms with Crippen molar-refractivity contribution in [3.8, 4) is 0 Å². The first-order valence-electron chi connectivity index (χ1n) is 3.27. The van der Waals surface area contributed by atoms with Crippen molar-refractivity contribution >= 4 is 17.9 Å². The highest BCUT2D eigenvalue weighted by atomic mass is 16.5. The van der Waals surface area contributed by atoms with Crippen molar-refractivity contribution in [2.75, 3.05) is 12.4 Å². The van der Waals surface area contributed by atoms with Gasteiger partial charge in [-0.1, -0.05) is 0 Å². The number of aromatic amines is 1. The number of nitrogens with zero attached hydrogens (tertiary/aromatic N) is 1. The topological polar surface area (TPSA) is 104 Å². The van der Waals surface area contributed by atoms with Crippen LogP contribution in [0.5, 0.6) is 0 Å². The van der Waals surface area contributed by atoms with Crippen molar-refractivity contribution in [1.29, 1.82) is 0 Å². The van der Waals surface area contributed by atoms with E-state index in [2.05, 4.69) is 20.3 Å². The lowest BCUT2D eigenvalue weighted by atomic mass is 10.4. The van der Waals surface area contributed by atoms with Gasteiger partial charge in [0.2, 0.25) is 0 Å². The first-order valence-corrected chi connectivity index (χ1v) is 3.27. The third kappa shape index (κ3) is 2.19. The molecule has 0 aliphatic carbocycles. The molecule has 0 aliphatic heterocycles. The summed E-state index contributed by atoms with van der Waals surface area (Å²) in [6, 6.07) is 1.18. The van der Waals surface area contributed by atoms with Crippen molar-refractivity contribution in [2.24, 2.45) is 0 Å². The van der Waals surface area contributed by atoms with Crippen LogP contribution in [0.1, 0.15) is 10.5 Å². The van der Waals surface area contributed by atoms with Gasteiger partial charge in [0.15, 0.2) is 5.82 Å². The van der Waals surface area contributed by atoms with Crippen LogP contribution in [0.15, 0.2) is 6.07 Å². The van der Waals surface area contributed by atoms with Crippen LogP contribution in [0.25, 0.3) is 0 Å². The van der Waals surface area contributed by atoms with Gasteiger partial charge < -0.3 is 9.84 Å². The van der Waals surface area contributed by atoms with E-state index in [-0.39, 0.29) is 11.5 Å². The van der Waals surface area contributed by atoms with Gasteiger partial charge >= 0.3 is 12.1 Å². The second-order valence-corrected chi connectivity index (χ2v) is 2.09. The molecule has 13 heavy (non-hydrogen) atoms. The van der Waals surface area contributed by atoms with Crippen molar-refractivity contribution in [2.45, 2.75) is 0 Å². The van der Waals surface area contributed by atoms with Crippen LogP contribution < -0.4 is 5.32 Å². The summed E-state index contributed by atoms with van der Waals surface area (Å²) < 4.78 is 4.27. The molecule has 1 aromatic heterocycles. The molecule has 0 aliphatic rings. The summed E-state index contributed by atoms with van der Waals surface area (Å²) in [5.41, 5.74) is -0.105. The molecule has 7 nitrogen and oxygen atoms in total. The number of carbonyl (C=O) groups is 2. The number of H-pyrrole nitrogens is 1. The molecule has 7 heteroatoms. The Morgan fingerprint density at radius 3 is 2.85 bits per heavy atom. The third-order valence-corrected chi connectivity index (χ3v) is 1.22. The van der Waals surface area contributed by atoms with E-state index in [9.17, 15) is 9.59 Å². The first-order chi connectivity index (χ1) is 6.13. The lowest BCUT2D eigenvalue weighted by Gasteiger charge is -1.96. The SMILES string of the molecule is COC(=O)Nc1cc(C(=O)O)[nH]n1. The summed E-state index contributed by atoms with van der Waals surface area (Å²) in [4.78, 5) is 21.0. The van der Waals surface area contributed by atoms with E-state index >= 15 is 0 Å². The van der Waals surface area contributed by atoms with E-state index in [0.29, 0.717) is 0 Å². The van der Waals surface area contributed by atoms with Crippen LogP contribution >= 0.6 is 0 Å². The number of rotatable bonds is 2. The van der Waals surface area contributed by atoms with E-state index in [1.165, 1.54) is 13.2 Å². The number of amides is 1. The van der Waals surface area contributed by atoms with Gasteiger partial charge in [-0.2, -0.15) is 5.10 Å². The maximum absolute atomic E-state index is 10.6. The molecule has 0 aromatic carbocycles. The lowest BCUT2D eigenvalue weighted by molar-refractivity contribution is 0.0690. The van der Waals surface area contributed by atoms with Gasteiger partial charge in [-0.3, -0.25) is 10.4 Å². The Morgan fingerprint density at radius 1 is 1.69 bits per heavy atom. The van der Waals surface area contributed by atoms with Crippen molar-refractivity contribution in [3.05, 3.63) is 11.8 Å². The highest BCUT2D eigenvalue weighted by Crippen LogP contribution is 2.04. The monoisotopic (exact) mass is 185 g/mol. The molecule has 1 heterocycles. The number of carboxylic acids is 1. The van der Waals surface area contributed by atoms with E-state index in [4.69, 9.17) is 5.11 Å².